The molecule has 0 bridgehead atoms. The second kappa shape index (κ2) is 8.26. The molecule has 2 aliphatic rings. The molecule has 0 saturated carbocycles. The van der Waals surface area contributed by atoms with Gasteiger partial charge in [0.2, 0.25) is 11.8 Å². The summed E-state index contributed by atoms with van der Waals surface area (Å²) in [5.74, 6) is 0.106. The van der Waals surface area contributed by atoms with Crippen LogP contribution in [0.25, 0.3) is 0 Å². The molecule has 2 aliphatic heterocycles. The van der Waals surface area contributed by atoms with Gasteiger partial charge < -0.3 is 15.5 Å². The molecule has 1 aromatic heterocycles. The van der Waals surface area contributed by atoms with E-state index in [4.69, 9.17) is 0 Å². The maximum atomic E-state index is 13.1. The van der Waals surface area contributed by atoms with Crippen LogP contribution in [0.2, 0.25) is 0 Å². The number of hydrogen-bond donors (Lipinski definition) is 2. The van der Waals surface area contributed by atoms with Crippen molar-refractivity contribution in [1.82, 2.24) is 25.3 Å². The number of likely N-dealkylation sites (tertiary alicyclic amines) is 1. The summed E-state index contributed by atoms with van der Waals surface area (Å²) in [6.07, 6.45) is 6.14. The van der Waals surface area contributed by atoms with Gasteiger partial charge in [-0.05, 0) is 52.0 Å². The van der Waals surface area contributed by atoms with Crippen LogP contribution in [0.1, 0.15) is 39.5 Å². The number of hydrogen-bond acceptors (Lipinski definition) is 6. The Morgan fingerprint density at radius 1 is 1.39 bits per heavy atom. The molecule has 2 amide bonds. The van der Waals surface area contributed by atoms with Crippen molar-refractivity contribution < 1.29 is 14.5 Å². The zero-order valence-electron chi connectivity index (χ0n) is 16.4. The molecule has 28 heavy (non-hydrogen) atoms. The van der Waals surface area contributed by atoms with Crippen LogP contribution in [0.5, 0.6) is 0 Å². The van der Waals surface area contributed by atoms with Gasteiger partial charge in [-0.1, -0.05) is 0 Å². The third-order valence-electron chi connectivity index (χ3n) is 5.62. The van der Waals surface area contributed by atoms with E-state index in [-0.39, 0.29) is 29.5 Å². The Kier molecular flexibility index (Phi) is 5.97. The zero-order chi connectivity index (χ0) is 20.3. The number of nitro groups is 1. The Labute approximate surface area is 163 Å². The molecular weight excluding hydrogens is 364 g/mol. The van der Waals surface area contributed by atoms with E-state index < -0.39 is 10.5 Å². The van der Waals surface area contributed by atoms with Crippen LogP contribution in [0.4, 0.5) is 5.69 Å². The third kappa shape index (κ3) is 4.32. The number of carbonyl (C=O) groups is 2. The van der Waals surface area contributed by atoms with Gasteiger partial charge in [-0.2, -0.15) is 5.10 Å². The average Bonchev–Trinajstić information content (AvgIpc) is 3.37. The van der Waals surface area contributed by atoms with Crippen molar-refractivity contribution in [2.75, 3.05) is 26.2 Å². The standard InChI is InChI=1S/C18H28N6O4/c1-18(2,23-12-14(10-21-23)24(27)28)17(26)22-8-4-5-13(11-22)9-20-16(25)15-6-3-7-19-15/h10,12-13,15,19H,3-9,11H2,1-2H3,(H,20,25). The lowest BCUT2D eigenvalue weighted by Crippen LogP contribution is -2.52. The molecule has 0 spiro atoms. The maximum absolute atomic E-state index is 13.1. The van der Waals surface area contributed by atoms with Crippen LogP contribution in [0.3, 0.4) is 0 Å². The fourth-order valence-corrected chi connectivity index (χ4v) is 3.89. The van der Waals surface area contributed by atoms with Crippen LogP contribution < -0.4 is 10.6 Å². The topological polar surface area (TPSA) is 122 Å². The first-order valence-electron chi connectivity index (χ1n) is 9.79. The average molecular weight is 392 g/mol. The molecule has 0 radical (unpaired) electrons. The summed E-state index contributed by atoms with van der Waals surface area (Å²) < 4.78 is 1.35. The Balaban J connectivity index is 1.58. The largest absolute Gasteiger partial charge is 0.354 e. The number of nitrogens with one attached hydrogen (secondary N) is 2. The molecule has 3 rings (SSSR count). The van der Waals surface area contributed by atoms with Crippen molar-refractivity contribution >= 4 is 17.5 Å². The fourth-order valence-electron chi connectivity index (χ4n) is 3.89. The molecular formula is C18H28N6O4. The predicted molar refractivity (Wildman–Crippen MR) is 102 cm³/mol. The fraction of sp³-hybridized carbons (Fsp3) is 0.722. The second-order valence-electron chi connectivity index (χ2n) is 8.11. The van der Waals surface area contributed by atoms with Gasteiger partial charge in [0, 0.05) is 19.6 Å². The summed E-state index contributed by atoms with van der Waals surface area (Å²) >= 11 is 0. The molecule has 2 saturated heterocycles. The lowest BCUT2D eigenvalue weighted by molar-refractivity contribution is -0.385. The van der Waals surface area contributed by atoms with Gasteiger partial charge in [0.1, 0.15) is 17.9 Å². The summed E-state index contributed by atoms with van der Waals surface area (Å²) in [5.41, 5.74) is -1.16. The van der Waals surface area contributed by atoms with Gasteiger partial charge in [0.05, 0.1) is 11.0 Å². The first-order chi connectivity index (χ1) is 13.3. The number of carbonyl (C=O) groups excluding carboxylic acids is 2. The first kappa shape index (κ1) is 20.2. The van der Waals surface area contributed by atoms with E-state index >= 15 is 0 Å². The second-order valence-corrected chi connectivity index (χ2v) is 8.11. The molecule has 2 N–H and O–H groups in total. The summed E-state index contributed by atoms with van der Waals surface area (Å²) in [6, 6.07) is -0.101. The van der Waals surface area contributed by atoms with Crippen molar-refractivity contribution in [3.63, 3.8) is 0 Å². The normalized spacial score (nSPS) is 22.9. The van der Waals surface area contributed by atoms with Gasteiger partial charge >= 0.3 is 5.69 Å². The molecule has 10 nitrogen and oxygen atoms in total. The summed E-state index contributed by atoms with van der Waals surface area (Å²) in [4.78, 5) is 37.4. The van der Waals surface area contributed by atoms with E-state index in [1.807, 2.05) is 0 Å². The van der Waals surface area contributed by atoms with Crippen molar-refractivity contribution in [3.8, 4) is 0 Å². The first-order valence-corrected chi connectivity index (χ1v) is 9.79. The summed E-state index contributed by atoms with van der Waals surface area (Å²) in [6.45, 7) is 6.05. The number of amides is 2. The zero-order valence-corrected chi connectivity index (χ0v) is 16.4. The molecule has 1 aromatic rings. The minimum Gasteiger partial charge on any atom is -0.354 e. The monoisotopic (exact) mass is 392 g/mol. The molecule has 0 aromatic carbocycles. The van der Waals surface area contributed by atoms with Gasteiger partial charge in [0.25, 0.3) is 0 Å². The Bertz CT molecular complexity index is 740. The van der Waals surface area contributed by atoms with E-state index in [2.05, 4.69) is 15.7 Å². The minimum atomic E-state index is -1.02. The number of rotatable bonds is 6. The van der Waals surface area contributed by atoms with E-state index in [1.165, 1.54) is 10.9 Å². The molecule has 2 unspecified atom stereocenters. The van der Waals surface area contributed by atoms with Crippen molar-refractivity contribution in [2.45, 2.75) is 51.1 Å². The van der Waals surface area contributed by atoms with Crippen LogP contribution in [0.15, 0.2) is 12.4 Å². The van der Waals surface area contributed by atoms with Crippen molar-refractivity contribution in [3.05, 3.63) is 22.5 Å². The highest BCUT2D eigenvalue weighted by Gasteiger charge is 2.37. The lowest BCUT2D eigenvalue weighted by atomic mass is 9.95. The third-order valence-corrected chi connectivity index (χ3v) is 5.62. The number of aromatic nitrogens is 2. The maximum Gasteiger partial charge on any atom is 0.307 e. The Morgan fingerprint density at radius 2 is 2.18 bits per heavy atom. The highest BCUT2D eigenvalue weighted by atomic mass is 16.6. The van der Waals surface area contributed by atoms with E-state index in [9.17, 15) is 19.7 Å². The van der Waals surface area contributed by atoms with Gasteiger partial charge in [-0.25, -0.2) is 0 Å². The van der Waals surface area contributed by atoms with Crippen molar-refractivity contribution in [1.29, 1.82) is 0 Å². The van der Waals surface area contributed by atoms with Gasteiger partial charge in [-0.3, -0.25) is 24.4 Å². The molecule has 2 fully saturated rings. The van der Waals surface area contributed by atoms with Crippen LogP contribution in [0, 0.1) is 16.0 Å². The van der Waals surface area contributed by atoms with Crippen LogP contribution in [-0.4, -0.2) is 63.6 Å². The Hall–Kier alpha value is -2.49. The Morgan fingerprint density at radius 3 is 2.82 bits per heavy atom. The van der Waals surface area contributed by atoms with E-state index in [0.29, 0.717) is 19.6 Å². The minimum absolute atomic E-state index is 0.0325. The van der Waals surface area contributed by atoms with Gasteiger partial charge in [-0.15, -0.1) is 0 Å². The molecule has 10 heteroatoms. The SMILES string of the molecule is CC(C)(C(=O)N1CCCC(CNC(=O)C2CCCN2)C1)n1cc([N+](=O)[O-])cn1. The number of piperidine rings is 1. The molecule has 0 aliphatic carbocycles. The van der Waals surface area contributed by atoms with Crippen LogP contribution in [-0.2, 0) is 15.1 Å². The summed E-state index contributed by atoms with van der Waals surface area (Å²) in [5, 5.41) is 21.1. The highest BCUT2D eigenvalue weighted by molar-refractivity contribution is 5.84. The lowest BCUT2D eigenvalue weighted by Gasteiger charge is -2.37. The number of nitrogens with zero attached hydrogens (tertiary/aromatic N) is 4. The van der Waals surface area contributed by atoms with E-state index in [0.717, 1.165) is 38.4 Å². The van der Waals surface area contributed by atoms with Crippen LogP contribution >= 0.6 is 0 Å². The highest BCUT2D eigenvalue weighted by Crippen LogP contribution is 2.24. The van der Waals surface area contributed by atoms with Gasteiger partial charge in [0.15, 0.2) is 0 Å². The molecule has 154 valence electrons. The quantitative estimate of drug-likeness (QED) is 0.541. The predicted octanol–water partition coefficient (Wildman–Crippen LogP) is 0.633. The summed E-state index contributed by atoms with van der Waals surface area (Å²) in [7, 11) is 0. The molecule has 3 heterocycles. The van der Waals surface area contributed by atoms with E-state index in [1.54, 1.807) is 18.7 Å². The molecule has 2 atom stereocenters. The van der Waals surface area contributed by atoms with Crippen molar-refractivity contribution in [2.24, 2.45) is 5.92 Å². The smallest absolute Gasteiger partial charge is 0.307 e.